The lowest BCUT2D eigenvalue weighted by Crippen LogP contribution is -2.42. The molecule has 0 aromatic carbocycles. The summed E-state index contributed by atoms with van der Waals surface area (Å²) in [7, 11) is 0. The third kappa shape index (κ3) is 1.53. The molecule has 86 valence electrons. The van der Waals surface area contributed by atoms with Crippen molar-refractivity contribution in [3.8, 4) is 0 Å². The fourth-order valence-corrected chi connectivity index (χ4v) is 3.45. The maximum atomic E-state index is 5.94. The van der Waals surface area contributed by atoms with Gasteiger partial charge in [-0.2, -0.15) is 0 Å². The minimum atomic E-state index is -0.166. The van der Waals surface area contributed by atoms with E-state index < -0.39 is 0 Å². The summed E-state index contributed by atoms with van der Waals surface area (Å²) >= 11 is 0. The van der Waals surface area contributed by atoms with Crippen molar-refractivity contribution < 1.29 is 9.47 Å². The van der Waals surface area contributed by atoms with E-state index in [9.17, 15) is 0 Å². The molecular weight excluding hydrogens is 188 g/mol. The van der Waals surface area contributed by atoms with Crippen molar-refractivity contribution >= 4 is 0 Å². The SMILES string of the molecule is CC(C)(C)[C@H]1C[C@H]2C[C@H]2C2(C1)OCCO2. The van der Waals surface area contributed by atoms with Gasteiger partial charge in [0.2, 0.25) is 0 Å². The molecule has 0 unspecified atom stereocenters. The number of fused-ring (bicyclic) bond motifs is 2. The molecule has 3 aliphatic rings. The van der Waals surface area contributed by atoms with Gasteiger partial charge in [0.1, 0.15) is 0 Å². The van der Waals surface area contributed by atoms with Gasteiger partial charge in [0.15, 0.2) is 5.79 Å². The van der Waals surface area contributed by atoms with Crippen molar-refractivity contribution in [2.75, 3.05) is 13.2 Å². The molecule has 1 aliphatic heterocycles. The van der Waals surface area contributed by atoms with Gasteiger partial charge in [0, 0.05) is 12.3 Å². The smallest absolute Gasteiger partial charge is 0.171 e. The Morgan fingerprint density at radius 3 is 2.33 bits per heavy atom. The molecule has 3 atom stereocenters. The van der Waals surface area contributed by atoms with Crippen LogP contribution in [-0.4, -0.2) is 19.0 Å². The van der Waals surface area contributed by atoms with Crippen LogP contribution in [0, 0.1) is 23.2 Å². The lowest BCUT2D eigenvalue weighted by Gasteiger charge is -2.41. The van der Waals surface area contributed by atoms with Crippen LogP contribution >= 0.6 is 0 Å². The van der Waals surface area contributed by atoms with Crippen molar-refractivity contribution in [1.29, 1.82) is 0 Å². The van der Waals surface area contributed by atoms with Gasteiger partial charge >= 0.3 is 0 Å². The van der Waals surface area contributed by atoms with Gasteiger partial charge < -0.3 is 9.47 Å². The van der Waals surface area contributed by atoms with E-state index in [1.165, 1.54) is 12.8 Å². The van der Waals surface area contributed by atoms with Crippen LogP contribution in [-0.2, 0) is 9.47 Å². The zero-order valence-corrected chi connectivity index (χ0v) is 10.1. The number of hydrogen-bond acceptors (Lipinski definition) is 2. The molecule has 3 fully saturated rings. The van der Waals surface area contributed by atoms with Gasteiger partial charge in [-0.05, 0) is 30.1 Å². The first kappa shape index (κ1) is 10.1. The molecule has 0 N–H and O–H groups in total. The first-order chi connectivity index (χ1) is 7.01. The summed E-state index contributed by atoms with van der Waals surface area (Å²) in [6.07, 6.45) is 3.85. The minimum Gasteiger partial charge on any atom is -0.347 e. The average Bonchev–Trinajstić information content (AvgIpc) is 2.79. The van der Waals surface area contributed by atoms with Crippen LogP contribution in [0.3, 0.4) is 0 Å². The van der Waals surface area contributed by atoms with Crippen molar-refractivity contribution in [2.24, 2.45) is 23.2 Å². The fraction of sp³-hybridized carbons (Fsp3) is 1.00. The zero-order chi connectivity index (χ0) is 10.7. The highest BCUT2D eigenvalue weighted by molar-refractivity contribution is 5.06. The van der Waals surface area contributed by atoms with Gasteiger partial charge in [0.05, 0.1) is 13.2 Å². The Balaban J connectivity index is 1.81. The Kier molecular flexibility index (Phi) is 2.01. The van der Waals surface area contributed by atoms with Crippen LogP contribution in [0.25, 0.3) is 0 Å². The minimum absolute atomic E-state index is 0.166. The molecule has 2 aliphatic carbocycles. The van der Waals surface area contributed by atoms with E-state index in [1.54, 1.807) is 0 Å². The summed E-state index contributed by atoms with van der Waals surface area (Å²) in [6.45, 7) is 8.66. The van der Waals surface area contributed by atoms with Gasteiger partial charge in [-0.3, -0.25) is 0 Å². The van der Waals surface area contributed by atoms with Crippen molar-refractivity contribution in [3.63, 3.8) is 0 Å². The summed E-state index contributed by atoms with van der Waals surface area (Å²) in [5.41, 5.74) is 0.399. The Morgan fingerprint density at radius 2 is 1.73 bits per heavy atom. The van der Waals surface area contributed by atoms with Gasteiger partial charge in [0.25, 0.3) is 0 Å². The van der Waals surface area contributed by atoms with Crippen LogP contribution < -0.4 is 0 Å². The third-order valence-corrected chi connectivity index (χ3v) is 4.61. The first-order valence-corrected chi connectivity index (χ1v) is 6.29. The number of ether oxygens (including phenoxy) is 2. The van der Waals surface area contributed by atoms with E-state index in [2.05, 4.69) is 20.8 Å². The topological polar surface area (TPSA) is 18.5 Å². The predicted molar refractivity (Wildman–Crippen MR) is 58.4 cm³/mol. The molecule has 2 saturated carbocycles. The first-order valence-electron chi connectivity index (χ1n) is 6.29. The molecule has 2 nitrogen and oxygen atoms in total. The van der Waals surface area contributed by atoms with E-state index in [4.69, 9.17) is 9.47 Å². The zero-order valence-electron chi connectivity index (χ0n) is 10.1. The molecule has 2 heteroatoms. The molecule has 15 heavy (non-hydrogen) atoms. The van der Waals surface area contributed by atoms with E-state index in [1.807, 2.05) is 0 Å². The summed E-state index contributed by atoms with van der Waals surface area (Å²) < 4.78 is 11.9. The van der Waals surface area contributed by atoms with Crippen LogP contribution in [0.5, 0.6) is 0 Å². The van der Waals surface area contributed by atoms with Crippen LogP contribution in [0.1, 0.15) is 40.0 Å². The van der Waals surface area contributed by atoms with Crippen molar-refractivity contribution in [3.05, 3.63) is 0 Å². The second-order valence-corrected chi connectivity index (χ2v) is 6.61. The quantitative estimate of drug-likeness (QED) is 0.612. The third-order valence-electron chi connectivity index (χ3n) is 4.61. The summed E-state index contributed by atoms with van der Waals surface area (Å²) in [5.74, 6) is 2.21. The molecule has 1 spiro atoms. The fourth-order valence-electron chi connectivity index (χ4n) is 3.45. The standard InChI is InChI=1S/C13H22O2/c1-12(2,3)10-6-9-7-11(9)13(8-10)14-4-5-15-13/h9-11H,4-8H2,1-3H3/t9-,10-,11+/m0/s1. The Bertz CT molecular complexity index is 260. The Labute approximate surface area is 92.3 Å². The second kappa shape index (κ2) is 2.98. The maximum absolute atomic E-state index is 5.94. The van der Waals surface area contributed by atoms with E-state index in [0.717, 1.165) is 37.4 Å². The highest BCUT2D eigenvalue weighted by atomic mass is 16.7. The molecule has 0 aromatic rings. The highest BCUT2D eigenvalue weighted by Crippen LogP contribution is 2.61. The molecule has 0 aromatic heterocycles. The van der Waals surface area contributed by atoms with Gasteiger partial charge in [-0.1, -0.05) is 20.8 Å². The summed E-state index contributed by atoms with van der Waals surface area (Å²) in [4.78, 5) is 0. The Hall–Kier alpha value is -0.0800. The van der Waals surface area contributed by atoms with Crippen LogP contribution in [0.4, 0.5) is 0 Å². The van der Waals surface area contributed by atoms with Gasteiger partial charge in [-0.25, -0.2) is 0 Å². The van der Waals surface area contributed by atoms with E-state index in [-0.39, 0.29) is 5.79 Å². The summed E-state index contributed by atoms with van der Waals surface area (Å²) in [5, 5.41) is 0. The highest BCUT2D eigenvalue weighted by Gasteiger charge is 2.61. The lowest BCUT2D eigenvalue weighted by atomic mass is 9.70. The van der Waals surface area contributed by atoms with Gasteiger partial charge in [-0.15, -0.1) is 0 Å². The molecule has 3 rings (SSSR count). The molecule has 0 radical (unpaired) electrons. The lowest BCUT2D eigenvalue weighted by molar-refractivity contribution is -0.205. The molecular formula is C13H22O2. The van der Waals surface area contributed by atoms with Crippen molar-refractivity contribution in [1.82, 2.24) is 0 Å². The molecule has 1 heterocycles. The Morgan fingerprint density at radius 1 is 1.07 bits per heavy atom. The molecule has 0 amide bonds. The summed E-state index contributed by atoms with van der Waals surface area (Å²) in [6, 6.07) is 0. The monoisotopic (exact) mass is 210 g/mol. The average molecular weight is 210 g/mol. The molecule has 1 saturated heterocycles. The number of hydrogen-bond donors (Lipinski definition) is 0. The van der Waals surface area contributed by atoms with Crippen LogP contribution in [0.15, 0.2) is 0 Å². The predicted octanol–water partition coefficient (Wildman–Crippen LogP) is 2.82. The van der Waals surface area contributed by atoms with E-state index in [0.29, 0.717) is 5.41 Å². The maximum Gasteiger partial charge on any atom is 0.171 e. The largest absolute Gasteiger partial charge is 0.347 e. The van der Waals surface area contributed by atoms with Crippen molar-refractivity contribution in [2.45, 2.75) is 45.8 Å². The second-order valence-electron chi connectivity index (χ2n) is 6.61. The van der Waals surface area contributed by atoms with Crippen LogP contribution in [0.2, 0.25) is 0 Å². The molecule has 0 bridgehead atoms. The normalized spacial score (nSPS) is 43.0. The van der Waals surface area contributed by atoms with E-state index >= 15 is 0 Å². The number of rotatable bonds is 0.